The van der Waals surface area contributed by atoms with Crippen molar-refractivity contribution in [2.24, 2.45) is 3.34 Å². The predicted molar refractivity (Wildman–Crippen MR) is 73.3 cm³/mol. The molecule has 0 unspecified atom stereocenters. The van der Waals surface area contributed by atoms with Gasteiger partial charge >= 0.3 is 69.3 Å². The van der Waals surface area contributed by atoms with Crippen LogP contribution in [0.5, 0.6) is 0 Å². The van der Waals surface area contributed by atoms with Gasteiger partial charge in [0.2, 0.25) is 6.10 Å². The molecule has 0 amide bonds. The summed E-state index contributed by atoms with van der Waals surface area (Å²) in [5, 5.41) is 16.0. The van der Waals surface area contributed by atoms with Crippen molar-refractivity contribution in [3.8, 4) is 0 Å². The maximum atomic E-state index is 11.0. The van der Waals surface area contributed by atoms with Crippen molar-refractivity contribution >= 4 is 0 Å². The Labute approximate surface area is 146 Å². The Hall–Kier alpha value is 0.0403. The number of hydrogen-bond acceptors (Lipinski definition) is 3. The first-order valence-corrected chi connectivity index (χ1v) is 7.16. The van der Waals surface area contributed by atoms with Crippen LogP contribution in [0.1, 0.15) is 48.0 Å². The first-order chi connectivity index (χ1) is 9.28. The molecule has 3 nitrogen and oxygen atoms in total. The van der Waals surface area contributed by atoms with Gasteiger partial charge in [-0.05, 0) is 20.8 Å². The van der Waals surface area contributed by atoms with Gasteiger partial charge < -0.3 is 17.6 Å². The largest absolute Gasteiger partial charge is 0.423 e. The predicted octanol–water partition coefficient (Wildman–Crippen LogP) is 4.60. The van der Waals surface area contributed by atoms with Gasteiger partial charge in [-0.1, -0.05) is 0 Å². The summed E-state index contributed by atoms with van der Waals surface area (Å²) < 4.78 is 70.0. The fourth-order valence-electron chi connectivity index (χ4n) is 0.256. The van der Waals surface area contributed by atoms with Crippen LogP contribution >= 0.6 is 0 Å². The molecule has 0 rings (SSSR count). The summed E-state index contributed by atoms with van der Waals surface area (Å²) in [6.07, 6.45) is -14.3. The van der Waals surface area contributed by atoms with E-state index >= 15 is 0 Å². The molecule has 0 spiro atoms. The number of aliphatic hydroxyl groups excluding tert-OH is 1. The fraction of sp³-hybridized carbons (Fsp3) is 0.923. The van der Waals surface area contributed by atoms with Crippen LogP contribution in [0, 0.1) is 7.43 Å². The topological polar surface area (TPSA) is 52.8 Å². The summed E-state index contributed by atoms with van der Waals surface area (Å²) in [5.41, 5.74) is -0.269. The minimum absolute atomic E-state index is 0. The molecule has 0 atom stereocenters. The van der Waals surface area contributed by atoms with Crippen LogP contribution in [-0.4, -0.2) is 39.8 Å². The minimum atomic E-state index is -5.63. The van der Waals surface area contributed by atoms with Gasteiger partial charge in [0, 0.05) is 0 Å². The third kappa shape index (κ3) is 27.2. The molecule has 0 aromatic heterocycles. The van der Waals surface area contributed by atoms with Crippen molar-refractivity contribution < 1.29 is 57.4 Å². The van der Waals surface area contributed by atoms with Crippen LogP contribution in [-0.2, 0) is 20.9 Å². The van der Waals surface area contributed by atoms with Gasteiger partial charge in [0.25, 0.3) is 0 Å². The van der Waals surface area contributed by atoms with Crippen molar-refractivity contribution in [2.45, 2.75) is 77.6 Å². The first-order valence-electron chi connectivity index (χ1n) is 6.18. The second-order valence-corrected chi connectivity index (χ2v) is 6.41. The molecule has 0 bridgehead atoms. The molecule has 0 aliphatic heterocycles. The van der Waals surface area contributed by atoms with E-state index in [-0.39, 0.29) is 13.0 Å². The second-order valence-electron chi connectivity index (χ2n) is 5.92. The average molecular weight is 435 g/mol. The van der Waals surface area contributed by atoms with E-state index in [1.54, 1.807) is 41.7 Å². The Morgan fingerprint density at radius 1 is 0.913 bits per heavy atom. The summed E-state index contributed by atoms with van der Waals surface area (Å²) in [7, 11) is 0. The maximum Gasteiger partial charge on any atom is 0.423 e. The fourth-order valence-corrected chi connectivity index (χ4v) is 0.604. The number of alkyl halides is 6. The quantitative estimate of drug-likeness (QED) is 0.379. The Morgan fingerprint density at radius 3 is 1.13 bits per heavy atom. The van der Waals surface area contributed by atoms with Crippen LogP contribution in [0.25, 0.3) is 0 Å². The Morgan fingerprint density at radius 2 is 1.13 bits per heavy atom. The minimum Gasteiger partial charge on any atom is -0.377 e. The van der Waals surface area contributed by atoms with E-state index in [0.717, 1.165) is 6.42 Å². The van der Waals surface area contributed by atoms with Crippen LogP contribution in [0.15, 0.2) is 3.34 Å². The SMILES string of the molecule is CC(C)(C)O.CCC(C)(C)[N]=[Nb].OC(C(F)(F)F)C(F)(F)F.[CH3-]. The first kappa shape index (κ1) is 30.9. The van der Waals surface area contributed by atoms with Crippen LogP contribution in [0.3, 0.4) is 0 Å². The molecule has 143 valence electrons. The average Bonchev–Trinajstić information content (AvgIpc) is 2.24. The number of nitrogens with zero attached hydrogens (tertiary/aromatic N) is 1. The van der Waals surface area contributed by atoms with E-state index in [1.165, 1.54) is 0 Å². The summed E-state index contributed by atoms with van der Waals surface area (Å²) in [5.74, 6) is 0. The molecule has 0 aliphatic rings. The van der Waals surface area contributed by atoms with Gasteiger partial charge in [-0.3, -0.25) is 0 Å². The molecule has 2 N–H and O–H groups in total. The van der Waals surface area contributed by atoms with E-state index in [4.69, 9.17) is 10.2 Å². The van der Waals surface area contributed by atoms with E-state index in [9.17, 15) is 26.3 Å². The van der Waals surface area contributed by atoms with Crippen LogP contribution < -0.4 is 0 Å². The number of hydrogen-bond donors (Lipinski definition) is 2. The Bertz CT molecular complexity index is 291. The van der Waals surface area contributed by atoms with Crippen molar-refractivity contribution in [3.05, 3.63) is 7.43 Å². The number of aliphatic hydroxyl groups is 2. The Kier molecular flexibility index (Phi) is 15.5. The summed E-state index contributed by atoms with van der Waals surface area (Å²) >= 11 is 1.55. The molecule has 10 heteroatoms. The van der Waals surface area contributed by atoms with Crippen molar-refractivity contribution in [3.63, 3.8) is 0 Å². The molecule has 23 heavy (non-hydrogen) atoms. The molecule has 0 aromatic carbocycles. The molecule has 0 fully saturated rings. The summed E-state index contributed by atoms with van der Waals surface area (Å²) in [4.78, 5) is 0. The van der Waals surface area contributed by atoms with E-state index < -0.39 is 24.1 Å². The zero-order chi connectivity index (χ0) is 19.0. The van der Waals surface area contributed by atoms with Gasteiger partial charge in [0.15, 0.2) is 0 Å². The summed E-state index contributed by atoms with van der Waals surface area (Å²) in [6, 6.07) is 0. The van der Waals surface area contributed by atoms with Crippen molar-refractivity contribution in [1.29, 1.82) is 0 Å². The summed E-state index contributed by atoms with van der Waals surface area (Å²) in [6.45, 7) is 11.7. The normalized spacial score (nSPS) is 12.3. The number of rotatable bonds is 2. The maximum absolute atomic E-state index is 11.0. The van der Waals surface area contributed by atoms with Crippen LogP contribution in [0.4, 0.5) is 26.3 Å². The van der Waals surface area contributed by atoms with Gasteiger partial charge in [-0.15, -0.1) is 0 Å². The molecule has 0 aromatic rings. The molecule has 0 saturated heterocycles. The third-order valence-corrected chi connectivity index (χ3v) is 3.09. The monoisotopic (exact) mass is 435 g/mol. The standard InChI is InChI=1S/C5H11N.C4H10O.C3H2F6O.CH3.Nb/c1-4-5(2,3)6;1-4(2,3)5;4-2(5,6)1(10)3(7,8)9;;/h4H2,1-3H3;5H,1-3H3;1,10H;1H3;/q;;;-1;. The van der Waals surface area contributed by atoms with Gasteiger partial charge in [0.1, 0.15) is 0 Å². The molecule has 0 radical (unpaired) electrons. The van der Waals surface area contributed by atoms with Gasteiger partial charge in [-0.2, -0.15) is 26.3 Å². The van der Waals surface area contributed by atoms with Gasteiger partial charge in [0.05, 0.1) is 5.60 Å². The van der Waals surface area contributed by atoms with E-state index in [2.05, 4.69) is 24.1 Å². The smallest absolute Gasteiger partial charge is 0.377 e. The Balaban J connectivity index is -0.000000123. The van der Waals surface area contributed by atoms with E-state index in [1.807, 2.05) is 0 Å². The van der Waals surface area contributed by atoms with Crippen molar-refractivity contribution in [2.75, 3.05) is 0 Å². The molecule has 0 heterocycles. The van der Waals surface area contributed by atoms with Crippen LogP contribution in [0.2, 0.25) is 0 Å². The van der Waals surface area contributed by atoms with Gasteiger partial charge in [-0.25, -0.2) is 0 Å². The van der Waals surface area contributed by atoms with Crippen molar-refractivity contribution in [1.82, 2.24) is 0 Å². The molecular weight excluding hydrogens is 409 g/mol. The molecule has 0 aliphatic carbocycles. The molecule has 0 saturated carbocycles. The third-order valence-electron chi connectivity index (χ3n) is 1.76. The second kappa shape index (κ2) is 11.6. The van der Waals surface area contributed by atoms with E-state index in [0.29, 0.717) is 0 Å². The zero-order valence-corrected chi connectivity index (χ0v) is 16.5. The zero-order valence-electron chi connectivity index (χ0n) is 14.3. The number of halogens is 6. The molecular formula is C13H26F6NNbO2-.